The van der Waals surface area contributed by atoms with Crippen LogP contribution >= 0.6 is 0 Å². The third kappa shape index (κ3) is 3.60. The minimum absolute atomic E-state index is 0.251. The highest BCUT2D eigenvalue weighted by atomic mass is 19.4. The van der Waals surface area contributed by atoms with Gasteiger partial charge < -0.3 is 17.8 Å². The van der Waals surface area contributed by atoms with Crippen LogP contribution in [0.15, 0.2) is 0 Å². The van der Waals surface area contributed by atoms with Crippen molar-refractivity contribution in [3.63, 3.8) is 0 Å². The zero-order valence-electron chi connectivity index (χ0n) is 8.18. The van der Waals surface area contributed by atoms with Crippen LogP contribution in [0.1, 0.15) is 26.2 Å². The molecular formula is C8H14BF3NO-. The zero-order chi connectivity index (χ0) is 10.8. The standard InChI is InChI=1S/C8H14BF3NO/c1-7-2-3-8(14)13(5-4-7)6-9(10,11)12/h7H,2-6H2,1H3/q-1. The smallest absolute Gasteiger partial charge is 0.448 e. The molecule has 0 aromatic rings. The van der Waals surface area contributed by atoms with Crippen LogP contribution in [0.3, 0.4) is 0 Å². The molecular weight excluding hydrogens is 194 g/mol. The van der Waals surface area contributed by atoms with Crippen LogP contribution in [0.2, 0.25) is 0 Å². The van der Waals surface area contributed by atoms with Gasteiger partial charge in [0.2, 0.25) is 5.91 Å². The maximum absolute atomic E-state index is 12.1. The number of hydrogen-bond acceptors (Lipinski definition) is 1. The van der Waals surface area contributed by atoms with Gasteiger partial charge in [-0.3, -0.25) is 4.79 Å². The van der Waals surface area contributed by atoms with Crippen molar-refractivity contribution in [2.75, 3.05) is 13.0 Å². The number of carbonyl (C=O) groups is 1. The maximum atomic E-state index is 12.1. The molecule has 1 rings (SSSR count). The molecule has 0 N–H and O–H groups in total. The number of amides is 1. The van der Waals surface area contributed by atoms with Crippen LogP contribution in [-0.4, -0.2) is 30.8 Å². The Morgan fingerprint density at radius 2 is 2.07 bits per heavy atom. The first-order valence-corrected chi connectivity index (χ1v) is 4.87. The summed E-state index contributed by atoms with van der Waals surface area (Å²) in [6.07, 6.45) is 0.608. The first kappa shape index (κ1) is 11.4. The highest BCUT2D eigenvalue weighted by Gasteiger charge is 2.30. The lowest BCUT2D eigenvalue weighted by atomic mass is 9.91. The summed E-state index contributed by atoms with van der Waals surface area (Å²) in [5.41, 5.74) is 0. The number of rotatable bonds is 2. The molecule has 0 bridgehead atoms. The van der Waals surface area contributed by atoms with Crippen LogP contribution in [0.5, 0.6) is 0 Å². The summed E-state index contributed by atoms with van der Waals surface area (Å²) in [7, 11) is 0. The van der Waals surface area contributed by atoms with E-state index in [2.05, 4.69) is 0 Å². The maximum Gasteiger partial charge on any atom is 0.497 e. The summed E-state index contributed by atoms with van der Waals surface area (Å²) < 4.78 is 36.3. The van der Waals surface area contributed by atoms with Gasteiger partial charge in [-0.05, 0) is 25.2 Å². The van der Waals surface area contributed by atoms with Crippen molar-refractivity contribution in [2.45, 2.75) is 26.2 Å². The Bertz CT molecular complexity index is 219. The van der Waals surface area contributed by atoms with Crippen molar-refractivity contribution in [1.29, 1.82) is 0 Å². The largest absolute Gasteiger partial charge is 0.497 e. The number of halogens is 3. The third-order valence-electron chi connectivity index (χ3n) is 2.52. The molecule has 1 heterocycles. The van der Waals surface area contributed by atoms with Crippen molar-refractivity contribution in [3.05, 3.63) is 0 Å². The van der Waals surface area contributed by atoms with Crippen molar-refractivity contribution >= 4 is 12.9 Å². The van der Waals surface area contributed by atoms with Gasteiger partial charge in [-0.25, -0.2) is 0 Å². The Morgan fingerprint density at radius 1 is 1.43 bits per heavy atom. The van der Waals surface area contributed by atoms with Crippen LogP contribution in [0.4, 0.5) is 12.9 Å². The summed E-state index contributed by atoms with van der Waals surface area (Å²) in [5.74, 6) is -0.00164. The second kappa shape index (κ2) is 4.23. The molecule has 0 aliphatic carbocycles. The zero-order valence-corrected chi connectivity index (χ0v) is 8.18. The van der Waals surface area contributed by atoms with E-state index in [4.69, 9.17) is 0 Å². The number of carbonyl (C=O) groups excluding carboxylic acids is 1. The number of nitrogens with zero attached hydrogens (tertiary/aromatic N) is 1. The lowest BCUT2D eigenvalue weighted by Crippen LogP contribution is -2.41. The van der Waals surface area contributed by atoms with Gasteiger partial charge in [-0.15, -0.1) is 0 Å². The van der Waals surface area contributed by atoms with E-state index in [9.17, 15) is 17.7 Å². The normalized spacial score (nSPS) is 25.0. The number of likely N-dealkylation sites (tertiary alicyclic amines) is 1. The predicted molar refractivity (Wildman–Crippen MR) is 48.7 cm³/mol. The Kier molecular flexibility index (Phi) is 3.45. The van der Waals surface area contributed by atoms with Crippen molar-refractivity contribution in [3.8, 4) is 0 Å². The Balaban J connectivity index is 2.54. The van der Waals surface area contributed by atoms with E-state index < -0.39 is 13.4 Å². The summed E-state index contributed by atoms with van der Waals surface area (Å²) in [5, 5.41) is 0. The molecule has 1 unspecified atom stereocenters. The molecule has 1 aliphatic rings. The van der Waals surface area contributed by atoms with E-state index in [0.29, 0.717) is 18.8 Å². The molecule has 1 saturated heterocycles. The summed E-state index contributed by atoms with van der Waals surface area (Å²) >= 11 is 0. The Morgan fingerprint density at radius 3 is 2.64 bits per heavy atom. The van der Waals surface area contributed by atoms with Crippen LogP contribution in [0, 0.1) is 5.92 Å². The van der Waals surface area contributed by atoms with Gasteiger partial charge >= 0.3 is 6.98 Å². The molecule has 1 aliphatic heterocycles. The average Bonchev–Trinajstić information content (AvgIpc) is 2.17. The molecule has 0 radical (unpaired) electrons. The lowest BCUT2D eigenvalue weighted by Gasteiger charge is -2.26. The van der Waals surface area contributed by atoms with E-state index in [1.165, 1.54) is 0 Å². The lowest BCUT2D eigenvalue weighted by molar-refractivity contribution is -0.130. The first-order valence-electron chi connectivity index (χ1n) is 4.87. The summed E-state index contributed by atoms with van der Waals surface area (Å²) in [6.45, 7) is -2.66. The van der Waals surface area contributed by atoms with Gasteiger partial charge in [0.25, 0.3) is 0 Å². The Labute approximate surface area is 81.5 Å². The number of hydrogen-bond donors (Lipinski definition) is 0. The third-order valence-corrected chi connectivity index (χ3v) is 2.52. The van der Waals surface area contributed by atoms with Gasteiger partial charge in [0, 0.05) is 13.0 Å². The fourth-order valence-corrected chi connectivity index (χ4v) is 1.62. The highest BCUT2D eigenvalue weighted by molar-refractivity contribution is 6.58. The van der Waals surface area contributed by atoms with E-state index >= 15 is 0 Å². The van der Waals surface area contributed by atoms with Crippen molar-refractivity contribution in [2.24, 2.45) is 5.92 Å². The molecule has 0 aromatic carbocycles. The predicted octanol–water partition coefficient (Wildman–Crippen LogP) is 2.02. The average molecular weight is 208 g/mol. The van der Waals surface area contributed by atoms with Crippen molar-refractivity contribution in [1.82, 2.24) is 4.90 Å². The van der Waals surface area contributed by atoms with Gasteiger partial charge in [0.1, 0.15) is 0 Å². The van der Waals surface area contributed by atoms with Crippen molar-refractivity contribution < 1.29 is 17.7 Å². The monoisotopic (exact) mass is 208 g/mol. The molecule has 0 spiro atoms. The van der Waals surface area contributed by atoms with E-state index in [0.717, 1.165) is 4.90 Å². The molecule has 1 atom stereocenters. The minimum Gasteiger partial charge on any atom is -0.448 e. The van der Waals surface area contributed by atoms with E-state index in [1.807, 2.05) is 6.92 Å². The molecule has 0 saturated carbocycles. The Hall–Kier alpha value is -0.675. The van der Waals surface area contributed by atoms with Gasteiger partial charge in [0.05, 0.1) is 0 Å². The second-order valence-electron chi connectivity index (χ2n) is 3.98. The topological polar surface area (TPSA) is 20.3 Å². The summed E-state index contributed by atoms with van der Waals surface area (Å²) in [6, 6.07) is 0. The molecule has 1 amide bonds. The quantitative estimate of drug-likeness (QED) is 0.635. The minimum atomic E-state index is -4.88. The fraction of sp³-hybridized carbons (Fsp3) is 0.875. The molecule has 82 valence electrons. The van der Waals surface area contributed by atoms with E-state index in [-0.39, 0.29) is 18.9 Å². The van der Waals surface area contributed by atoms with Gasteiger partial charge in [-0.2, -0.15) is 0 Å². The molecule has 6 heteroatoms. The fourth-order valence-electron chi connectivity index (χ4n) is 1.62. The van der Waals surface area contributed by atoms with Crippen LogP contribution in [-0.2, 0) is 4.79 Å². The molecule has 14 heavy (non-hydrogen) atoms. The van der Waals surface area contributed by atoms with Gasteiger partial charge in [0.15, 0.2) is 0 Å². The van der Waals surface area contributed by atoms with E-state index in [1.54, 1.807) is 0 Å². The molecule has 2 nitrogen and oxygen atoms in total. The molecule has 0 aromatic heterocycles. The molecule has 1 fully saturated rings. The second-order valence-corrected chi connectivity index (χ2v) is 3.98. The van der Waals surface area contributed by atoms with Crippen LogP contribution in [0.25, 0.3) is 0 Å². The SMILES string of the molecule is CC1CCC(=O)N(C[B-](F)(F)F)CC1. The van der Waals surface area contributed by atoms with Crippen LogP contribution < -0.4 is 0 Å². The first-order chi connectivity index (χ1) is 6.38. The summed E-state index contributed by atoms with van der Waals surface area (Å²) in [4.78, 5) is 12.2. The van der Waals surface area contributed by atoms with Gasteiger partial charge in [-0.1, -0.05) is 6.92 Å². The highest BCUT2D eigenvalue weighted by Crippen LogP contribution is 2.20.